The second kappa shape index (κ2) is 22.0. The first-order chi connectivity index (χ1) is 23.4. The maximum Gasteiger partial charge on any atom is 0.326 e. The number of carboxylic acid groups (broad SMARTS) is 1. The molecular formula is C37H62N6O7. The Morgan fingerprint density at radius 1 is 0.660 bits per heavy atom. The first-order valence-electron chi connectivity index (χ1n) is 17.9. The number of hydrogen-bond donors (Lipinski definition) is 7. The summed E-state index contributed by atoms with van der Waals surface area (Å²) in [5.41, 5.74) is 7.45. The lowest BCUT2D eigenvalue weighted by Gasteiger charge is -2.30. The highest BCUT2D eigenvalue weighted by molar-refractivity contribution is 5.93. The van der Waals surface area contributed by atoms with Gasteiger partial charge in [0.1, 0.15) is 24.2 Å². The van der Waals surface area contributed by atoms with E-state index in [0.717, 1.165) is 5.56 Å². The quantitative estimate of drug-likeness (QED) is 0.0953. The monoisotopic (exact) mass is 702 g/mol. The summed E-state index contributed by atoms with van der Waals surface area (Å²) in [5, 5.41) is 23.4. The second-order valence-electron chi connectivity index (χ2n) is 14.5. The Morgan fingerprint density at radius 2 is 1.24 bits per heavy atom. The van der Waals surface area contributed by atoms with E-state index in [2.05, 4.69) is 26.6 Å². The molecule has 7 atom stereocenters. The lowest BCUT2D eigenvalue weighted by Crippen LogP contribution is -2.59. The molecule has 0 fully saturated rings. The molecule has 0 saturated heterocycles. The van der Waals surface area contributed by atoms with E-state index in [4.69, 9.17) is 5.73 Å². The molecule has 0 radical (unpaired) electrons. The van der Waals surface area contributed by atoms with Gasteiger partial charge in [-0.3, -0.25) is 24.0 Å². The van der Waals surface area contributed by atoms with Gasteiger partial charge in [-0.2, -0.15) is 0 Å². The maximum atomic E-state index is 13.7. The van der Waals surface area contributed by atoms with Crippen molar-refractivity contribution in [1.82, 2.24) is 26.6 Å². The third-order valence-electron chi connectivity index (χ3n) is 8.60. The Kier molecular flexibility index (Phi) is 19.3. The standard InChI is InChI=1S/C37H62N6O7/c1-10-24(9)33(36(48)43-32(23(7)8)37(49)50)42-31(45)20-26(38)28(19-25-15-13-12-14-16-25)41-34(46)27(11-2)40-35(47)29(17-21(3)4)39-30(44)18-22(5)6/h12-16,21-24,26-29,32-33H,10-11,17-20,38H2,1-9H3,(H,39,44)(H,40,47)(H,41,46)(H,42,45)(H,43,48)(H,49,50)/t24-,26-,27-,28-,29-,32-,33-/m0/s1. The van der Waals surface area contributed by atoms with Gasteiger partial charge >= 0.3 is 5.97 Å². The first kappa shape index (κ1) is 44.0. The number of carbonyl (C=O) groups excluding carboxylic acids is 5. The molecule has 0 unspecified atom stereocenters. The summed E-state index contributed by atoms with van der Waals surface area (Å²) in [6, 6.07) is 3.82. The summed E-state index contributed by atoms with van der Waals surface area (Å²) in [7, 11) is 0. The van der Waals surface area contributed by atoms with Gasteiger partial charge in [-0.15, -0.1) is 0 Å². The van der Waals surface area contributed by atoms with Gasteiger partial charge < -0.3 is 37.4 Å². The number of carboxylic acids is 1. The van der Waals surface area contributed by atoms with Crippen molar-refractivity contribution in [2.75, 3.05) is 0 Å². The molecule has 1 aromatic carbocycles. The Bertz CT molecular complexity index is 1260. The van der Waals surface area contributed by atoms with Crippen molar-refractivity contribution in [3.8, 4) is 0 Å². The van der Waals surface area contributed by atoms with Crippen molar-refractivity contribution in [3.05, 3.63) is 35.9 Å². The molecule has 0 spiro atoms. The number of nitrogens with two attached hydrogens (primary N) is 1. The maximum absolute atomic E-state index is 13.7. The number of rotatable bonds is 22. The van der Waals surface area contributed by atoms with Crippen LogP contribution in [0.4, 0.5) is 0 Å². The highest BCUT2D eigenvalue weighted by atomic mass is 16.4. The molecule has 0 aromatic heterocycles. The normalized spacial score (nSPS) is 15.6. The molecule has 0 heterocycles. The minimum Gasteiger partial charge on any atom is -0.480 e. The number of carbonyl (C=O) groups is 6. The van der Waals surface area contributed by atoms with E-state index < -0.39 is 65.8 Å². The Morgan fingerprint density at radius 3 is 1.74 bits per heavy atom. The molecule has 13 nitrogen and oxygen atoms in total. The number of hydrogen-bond acceptors (Lipinski definition) is 7. The highest BCUT2D eigenvalue weighted by Crippen LogP contribution is 2.13. The van der Waals surface area contributed by atoms with Crippen LogP contribution >= 0.6 is 0 Å². The number of amides is 5. The molecule has 0 aliphatic carbocycles. The van der Waals surface area contributed by atoms with Crippen LogP contribution in [0.5, 0.6) is 0 Å². The molecule has 5 amide bonds. The summed E-state index contributed by atoms with van der Waals surface area (Å²) >= 11 is 0. The van der Waals surface area contributed by atoms with Crippen LogP contribution in [-0.4, -0.2) is 76.9 Å². The van der Waals surface area contributed by atoms with Gasteiger partial charge in [-0.05, 0) is 48.5 Å². The van der Waals surface area contributed by atoms with Crippen molar-refractivity contribution < 1.29 is 33.9 Å². The molecule has 8 N–H and O–H groups in total. The Balaban J connectivity index is 3.17. The molecule has 1 rings (SSSR count). The second-order valence-corrected chi connectivity index (χ2v) is 14.5. The summed E-state index contributed by atoms with van der Waals surface area (Å²) in [6.07, 6.45) is 1.52. The van der Waals surface area contributed by atoms with E-state index in [-0.39, 0.29) is 55.3 Å². The van der Waals surface area contributed by atoms with Crippen LogP contribution in [-0.2, 0) is 35.2 Å². The van der Waals surface area contributed by atoms with Crippen LogP contribution in [0.1, 0.15) is 100.0 Å². The summed E-state index contributed by atoms with van der Waals surface area (Å²) in [5.74, 6) is -3.94. The van der Waals surface area contributed by atoms with E-state index in [1.54, 1.807) is 27.7 Å². The average Bonchev–Trinajstić information content (AvgIpc) is 3.03. The zero-order valence-electron chi connectivity index (χ0n) is 31.4. The van der Waals surface area contributed by atoms with Crippen molar-refractivity contribution in [2.45, 2.75) is 137 Å². The van der Waals surface area contributed by atoms with Crippen molar-refractivity contribution in [3.63, 3.8) is 0 Å². The zero-order valence-corrected chi connectivity index (χ0v) is 31.4. The predicted octanol–water partition coefficient (Wildman–Crippen LogP) is 2.66. The van der Waals surface area contributed by atoms with Crippen LogP contribution in [0.25, 0.3) is 0 Å². The molecule has 0 saturated carbocycles. The number of aliphatic carboxylic acids is 1. The lowest BCUT2D eigenvalue weighted by atomic mass is 9.94. The van der Waals surface area contributed by atoms with E-state index in [9.17, 15) is 33.9 Å². The van der Waals surface area contributed by atoms with Crippen LogP contribution in [0.3, 0.4) is 0 Å². The van der Waals surface area contributed by atoms with Gasteiger partial charge in [0.2, 0.25) is 29.5 Å². The van der Waals surface area contributed by atoms with Gasteiger partial charge in [0.05, 0.1) is 0 Å². The lowest BCUT2D eigenvalue weighted by molar-refractivity contribution is -0.143. The number of nitrogens with one attached hydrogen (secondary N) is 5. The minimum atomic E-state index is -1.17. The summed E-state index contributed by atoms with van der Waals surface area (Å²) < 4.78 is 0. The van der Waals surface area contributed by atoms with Crippen LogP contribution in [0.2, 0.25) is 0 Å². The SMILES string of the molecule is CC[C@H](NC(=O)[C@H](CC(C)C)NC(=O)CC(C)C)C(=O)N[C@@H](Cc1ccccc1)[C@@H](N)CC(=O)N[C@H](C(=O)N[C@H](C(=O)O)C(C)C)[C@@H](C)CC. The van der Waals surface area contributed by atoms with Crippen molar-refractivity contribution in [1.29, 1.82) is 0 Å². The molecule has 1 aromatic rings. The fourth-order valence-corrected chi connectivity index (χ4v) is 5.46. The summed E-state index contributed by atoms with van der Waals surface area (Å²) in [6.45, 7) is 16.5. The van der Waals surface area contributed by atoms with Crippen LogP contribution in [0.15, 0.2) is 30.3 Å². The number of benzene rings is 1. The Hall–Kier alpha value is -4.00. The largest absolute Gasteiger partial charge is 0.480 e. The molecule has 50 heavy (non-hydrogen) atoms. The average molecular weight is 703 g/mol. The van der Waals surface area contributed by atoms with E-state index in [1.165, 1.54) is 0 Å². The molecule has 0 aliphatic heterocycles. The molecular weight excluding hydrogens is 640 g/mol. The molecule has 0 aliphatic rings. The fraction of sp³-hybridized carbons (Fsp3) is 0.676. The van der Waals surface area contributed by atoms with Crippen LogP contribution in [0, 0.1) is 23.7 Å². The topological polar surface area (TPSA) is 209 Å². The van der Waals surface area contributed by atoms with Crippen molar-refractivity contribution >= 4 is 35.5 Å². The van der Waals surface area contributed by atoms with E-state index in [0.29, 0.717) is 12.8 Å². The Labute approximate surface area is 298 Å². The van der Waals surface area contributed by atoms with Gasteiger partial charge in [0.15, 0.2) is 0 Å². The third kappa shape index (κ3) is 15.7. The molecule has 13 heteroatoms. The van der Waals surface area contributed by atoms with Gasteiger partial charge in [-0.25, -0.2) is 4.79 Å². The van der Waals surface area contributed by atoms with Gasteiger partial charge in [0, 0.05) is 24.9 Å². The smallest absolute Gasteiger partial charge is 0.326 e. The molecule has 0 bridgehead atoms. The molecule has 282 valence electrons. The van der Waals surface area contributed by atoms with Crippen LogP contribution < -0.4 is 32.3 Å². The van der Waals surface area contributed by atoms with E-state index in [1.807, 2.05) is 65.0 Å². The van der Waals surface area contributed by atoms with Gasteiger partial charge in [0.25, 0.3) is 0 Å². The van der Waals surface area contributed by atoms with Crippen molar-refractivity contribution in [2.24, 2.45) is 29.4 Å². The van der Waals surface area contributed by atoms with E-state index >= 15 is 0 Å². The fourth-order valence-electron chi connectivity index (χ4n) is 5.46. The summed E-state index contributed by atoms with van der Waals surface area (Å²) in [4.78, 5) is 77.8. The minimum absolute atomic E-state index is 0.109. The predicted molar refractivity (Wildman–Crippen MR) is 194 cm³/mol. The third-order valence-corrected chi connectivity index (χ3v) is 8.60. The first-order valence-corrected chi connectivity index (χ1v) is 17.9. The zero-order chi connectivity index (χ0) is 38.1. The highest BCUT2D eigenvalue weighted by Gasteiger charge is 2.33. The van der Waals surface area contributed by atoms with Gasteiger partial charge in [-0.1, -0.05) is 99.1 Å².